The van der Waals surface area contributed by atoms with Crippen LogP contribution in [0.25, 0.3) is 0 Å². The maximum absolute atomic E-state index is 12.1. The predicted molar refractivity (Wildman–Crippen MR) is 73.3 cm³/mol. The highest BCUT2D eigenvalue weighted by Gasteiger charge is 2.32. The molecule has 7 nitrogen and oxygen atoms in total. The second kappa shape index (κ2) is 6.82. The van der Waals surface area contributed by atoms with Crippen LogP contribution < -0.4 is 5.32 Å². The number of alkyl halides is 2. The van der Waals surface area contributed by atoms with E-state index < -0.39 is 24.5 Å². The highest BCUT2D eigenvalue weighted by Crippen LogP contribution is 2.16. The summed E-state index contributed by atoms with van der Waals surface area (Å²) in [6.07, 6.45) is 2.61. The Hall–Kier alpha value is -2.03. The molecule has 1 N–H and O–H groups in total. The maximum Gasteiger partial charge on any atom is 0.345 e. The predicted octanol–water partition coefficient (Wildman–Crippen LogP) is 1.24. The normalized spacial score (nSPS) is 18.3. The lowest BCUT2D eigenvalue weighted by molar-refractivity contribution is -0.160. The number of rotatable bonds is 4. The SMILES string of the molecule is CC(C)n1cc(NC(=O)C(=O)N2CC[C@@H](OC(F)F)C2)cn1. The summed E-state index contributed by atoms with van der Waals surface area (Å²) in [5, 5.41) is 6.49. The Morgan fingerprint density at radius 1 is 1.45 bits per heavy atom. The number of carbonyl (C=O) groups excluding carboxylic acids is 2. The smallest absolute Gasteiger partial charge is 0.332 e. The number of amides is 2. The van der Waals surface area contributed by atoms with E-state index in [9.17, 15) is 18.4 Å². The summed E-state index contributed by atoms with van der Waals surface area (Å²) < 4.78 is 30.2. The summed E-state index contributed by atoms with van der Waals surface area (Å²) >= 11 is 0. The molecule has 0 radical (unpaired) electrons. The number of aromatic nitrogens is 2. The van der Waals surface area contributed by atoms with Crippen LogP contribution in [-0.4, -0.2) is 52.3 Å². The number of nitrogens with one attached hydrogen (secondary N) is 1. The molecule has 1 atom stereocenters. The Bertz CT molecular complexity index is 547. The Labute approximate surface area is 126 Å². The molecule has 0 aliphatic carbocycles. The Kier molecular flexibility index (Phi) is 5.07. The van der Waals surface area contributed by atoms with Crippen LogP contribution in [0, 0.1) is 0 Å². The van der Waals surface area contributed by atoms with Crippen LogP contribution in [0.15, 0.2) is 12.4 Å². The van der Waals surface area contributed by atoms with Crippen molar-refractivity contribution in [2.45, 2.75) is 39.0 Å². The van der Waals surface area contributed by atoms with E-state index in [4.69, 9.17) is 0 Å². The van der Waals surface area contributed by atoms with E-state index >= 15 is 0 Å². The number of halogens is 2. The maximum atomic E-state index is 12.1. The van der Waals surface area contributed by atoms with Crippen molar-refractivity contribution in [1.82, 2.24) is 14.7 Å². The van der Waals surface area contributed by atoms with E-state index in [1.54, 1.807) is 10.9 Å². The highest BCUT2D eigenvalue weighted by molar-refractivity contribution is 6.39. The van der Waals surface area contributed by atoms with E-state index in [1.807, 2.05) is 13.8 Å². The standard InChI is InChI=1S/C13H18F2N4O3/c1-8(2)19-6-9(5-16-19)17-11(20)12(21)18-4-3-10(7-18)22-13(14)15/h5-6,8,10,13H,3-4,7H2,1-2H3,(H,17,20)/t10-/m1/s1. The molecular formula is C13H18F2N4O3. The molecule has 0 unspecified atom stereocenters. The molecule has 122 valence electrons. The van der Waals surface area contributed by atoms with E-state index in [-0.39, 0.29) is 25.6 Å². The Morgan fingerprint density at radius 3 is 2.77 bits per heavy atom. The summed E-state index contributed by atoms with van der Waals surface area (Å²) in [6.45, 7) is 1.18. The van der Waals surface area contributed by atoms with Crippen molar-refractivity contribution in [3.63, 3.8) is 0 Å². The van der Waals surface area contributed by atoms with Gasteiger partial charge in [0.2, 0.25) is 0 Å². The molecule has 2 rings (SSSR count). The second-order valence-corrected chi connectivity index (χ2v) is 5.32. The Balaban J connectivity index is 1.88. The van der Waals surface area contributed by atoms with Crippen LogP contribution >= 0.6 is 0 Å². The molecule has 9 heteroatoms. The minimum absolute atomic E-state index is 0.0121. The number of anilines is 1. The molecule has 1 aliphatic heterocycles. The van der Waals surface area contributed by atoms with Gasteiger partial charge in [0.1, 0.15) is 0 Å². The molecular weight excluding hydrogens is 298 g/mol. The average molecular weight is 316 g/mol. The van der Waals surface area contributed by atoms with Crippen LogP contribution in [0.5, 0.6) is 0 Å². The quantitative estimate of drug-likeness (QED) is 0.848. The monoisotopic (exact) mass is 316 g/mol. The van der Waals surface area contributed by atoms with Crippen LogP contribution in [0.1, 0.15) is 26.3 Å². The minimum Gasteiger partial charge on any atom is -0.332 e. The average Bonchev–Trinajstić information content (AvgIpc) is 3.06. The summed E-state index contributed by atoms with van der Waals surface area (Å²) in [5.41, 5.74) is 0.409. The lowest BCUT2D eigenvalue weighted by atomic mass is 10.3. The van der Waals surface area contributed by atoms with Crippen molar-refractivity contribution in [2.75, 3.05) is 18.4 Å². The van der Waals surface area contributed by atoms with Gasteiger partial charge in [-0.05, 0) is 20.3 Å². The van der Waals surface area contributed by atoms with Crippen LogP contribution in [0.4, 0.5) is 14.5 Å². The fraction of sp³-hybridized carbons (Fsp3) is 0.615. The molecule has 2 heterocycles. The van der Waals surface area contributed by atoms with E-state index in [2.05, 4.69) is 15.2 Å². The number of likely N-dealkylation sites (tertiary alicyclic amines) is 1. The number of hydrogen-bond acceptors (Lipinski definition) is 4. The second-order valence-electron chi connectivity index (χ2n) is 5.32. The van der Waals surface area contributed by atoms with Gasteiger partial charge in [-0.2, -0.15) is 13.9 Å². The van der Waals surface area contributed by atoms with Crippen LogP contribution in [0.3, 0.4) is 0 Å². The van der Waals surface area contributed by atoms with Crippen molar-refractivity contribution in [1.29, 1.82) is 0 Å². The first-order chi connectivity index (χ1) is 10.4. The van der Waals surface area contributed by atoms with Crippen molar-refractivity contribution < 1.29 is 23.1 Å². The summed E-state index contributed by atoms with van der Waals surface area (Å²) in [6, 6.07) is 0.132. The lowest BCUT2D eigenvalue weighted by Gasteiger charge is -2.15. The molecule has 1 aromatic rings. The van der Waals surface area contributed by atoms with Crippen molar-refractivity contribution in [2.24, 2.45) is 0 Å². The third kappa shape index (κ3) is 4.00. The third-order valence-corrected chi connectivity index (χ3v) is 3.31. The number of carbonyl (C=O) groups is 2. The molecule has 1 fully saturated rings. The molecule has 0 saturated carbocycles. The molecule has 22 heavy (non-hydrogen) atoms. The zero-order chi connectivity index (χ0) is 16.3. The molecule has 0 bridgehead atoms. The van der Waals surface area contributed by atoms with Crippen molar-refractivity contribution >= 4 is 17.5 Å². The van der Waals surface area contributed by atoms with E-state index in [0.717, 1.165) is 0 Å². The molecule has 1 aromatic heterocycles. The minimum atomic E-state index is -2.88. The molecule has 1 saturated heterocycles. The first-order valence-corrected chi connectivity index (χ1v) is 6.95. The fourth-order valence-corrected chi connectivity index (χ4v) is 2.18. The molecule has 2 amide bonds. The Morgan fingerprint density at radius 2 is 2.18 bits per heavy atom. The topological polar surface area (TPSA) is 76.5 Å². The van der Waals surface area contributed by atoms with Gasteiger partial charge >= 0.3 is 18.4 Å². The number of nitrogens with zero attached hydrogens (tertiary/aromatic N) is 3. The van der Waals surface area contributed by atoms with Crippen LogP contribution in [0.2, 0.25) is 0 Å². The number of ether oxygens (including phenoxy) is 1. The van der Waals surface area contributed by atoms with Gasteiger partial charge in [-0.15, -0.1) is 0 Å². The van der Waals surface area contributed by atoms with Gasteiger partial charge in [-0.3, -0.25) is 14.3 Å². The van der Waals surface area contributed by atoms with Gasteiger partial charge in [0, 0.05) is 25.3 Å². The summed E-state index contributed by atoms with van der Waals surface area (Å²) in [7, 11) is 0. The molecule has 0 aromatic carbocycles. The highest BCUT2D eigenvalue weighted by atomic mass is 19.3. The largest absolute Gasteiger partial charge is 0.345 e. The first-order valence-electron chi connectivity index (χ1n) is 6.95. The zero-order valence-corrected chi connectivity index (χ0v) is 12.3. The third-order valence-electron chi connectivity index (χ3n) is 3.31. The van der Waals surface area contributed by atoms with Crippen molar-refractivity contribution in [3.05, 3.63) is 12.4 Å². The molecule has 0 spiro atoms. The summed E-state index contributed by atoms with van der Waals surface area (Å²) in [4.78, 5) is 25.0. The molecule has 1 aliphatic rings. The fourth-order valence-electron chi connectivity index (χ4n) is 2.18. The van der Waals surface area contributed by atoms with E-state index in [0.29, 0.717) is 5.69 Å². The van der Waals surface area contributed by atoms with Gasteiger partial charge in [0.15, 0.2) is 0 Å². The summed E-state index contributed by atoms with van der Waals surface area (Å²) in [5.74, 6) is -1.58. The van der Waals surface area contributed by atoms with Gasteiger partial charge < -0.3 is 15.0 Å². The lowest BCUT2D eigenvalue weighted by Crippen LogP contribution is -2.39. The first kappa shape index (κ1) is 16.3. The zero-order valence-electron chi connectivity index (χ0n) is 12.3. The number of hydrogen-bond donors (Lipinski definition) is 1. The van der Waals surface area contributed by atoms with Gasteiger partial charge in [0.25, 0.3) is 0 Å². The van der Waals surface area contributed by atoms with Gasteiger partial charge in [-0.25, -0.2) is 0 Å². The van der Waals surface area contributed by atoms with E-state index in [1.165, 1.54) is 11.1 Å². The van der Waals surface area contributed by atoms with Crippen LogP contribution in [-0.2, 0) is 14.3 Å². The van der Waals surface area contributed by atoms with Gasteiger partial charge in [0.05, 0.1) is 18.0 Å². The van der Waals surface area contributed by atoms with Crippen molar-refractivity contribution in [3.8, 4) is 0 Å². The van der Waals surface area contributed by atoms with Gasteiger partial charge in [-0.1, -0.05) is 0 Å².